The number of carbonyl (C=O) groups excluding carboxylic acids is 2. The van der Waals surface area contributed by atoms with E-state index >= 15 is 0 Å². The van der Waals surface area contributed by atoms with E-state index in [2.05, 4.69) is 0 Å². The summed E-state index contributed by atoms with van der Waals surface area (Å²) >= 11 is 0. The van der Waals surface area contributed by atoms with Gasteiger partial charge >= 0.3 is 5.97 Å². The molecule has 16 heavy (non-hydrogen) atoms. The highest BCUT2D eigenvalue weighted by atomic mass is 16.6. The molecule has 0 radical (unpaired) electrons. The first kappa shape index (κ1) is 14.9. The molecular formula is C12H23NO3. The fraction of sp³-hybridized carbons (Fsp3) is 0.833. The molecule has 0 aliphatic heterocycles. The monoisotopic (exact) mass is 229 g/mol. The van der Waals surface area contributed by atoms with Crippen molar-refractivity contribution in [1.82, 2.24) is 4.90 Å². The van der Waals surface area contributed by atoms with Crippen LogP contribution >= 0.6 is 0 Å². The average molecular weight is 229 g/mol. The fourth-order valence-electron chi connectivity index (χ4n) is 1.30. The van der Waals surface area contributed by atoms with Gasteiger partial charge in [-0.2, -0.15) is 0 Å². The van der Waals surface area contributed by atoms with Crippen molar-refractivity contribution in [1.29, 1.82) is 0 Å². The topological polar surface area (TPSA) is 46.6 Å². The molecule has 0 aromatic rings. The van der Waals surface area contributed by atoms with E-state index in [-0.39, 0.29) is 18.3 Å². The maximum Gasteiger partial charge on any atom is 0.308 e. The Balaban J connectivity index is 4.03. The Hall–Kier alpha value is -1.06. The molecule has 94 valence electrons. The molecule has 0 aliphatic carbocycles. The second-order valence-electron chi connectivity index (χ2n) is 4.66. The third-order valence-corrected chi connectivity index (χ3v) is 2.04. The van der Waals surface area contributed by atoms with Crippen molar-refractivity contribution in [2.24, 2.45) is 0 Å². The number of rotatable bonds is 5. The normalized spacial score (nSPS) is 11.1. The zero-order valence-electron chi connectivity index (χ0n) is 11.0. The lowest BCUT2D eigenvalue weighted by atomic mass is 10.2. The lowest BCUT2D eigenvalue weighted by molar-refractivity contribution is -0.155. The zero-order chi connectivity index (χ0) is 12.8. The fourth-order valence-corrected chi connectivity index (χ4v) is 1.30. The van der Waals surface area contributed by atoms with Gasteiger partial charge in [0.1, 0.15) is 5.60 Å². The van der Waals surface area contributed by atoms with Gasteiger partial charge in [-0.25, -0.2) is 0 Å². The standard InChI is InChI=1S/C12H23NO3/c1-6-10(14)13(7-2)9-8-11(15)16-12(3,4)5/h6-9H2,1-5H3. The van der Waals surface area contributed by atoms with Crippen molar-refractivity contribution < 1.29 is 14.3 Å². The molecule has 0 saturated heterocycles. The summed E-state index contributed by atoms with van der Waals surface area (Å²) in [6, 6.07) is 0. The molecule has 0 N–H and O–H groups in total. The largest absolute Gasteiger partial charge is 0.460 e. The minimum Gasteiger partial charge on any atom is -0.460 e. The van der Waals surface area contributed by atoms with E-state index in [1.54, 1.807) is 4.90 Å². The number of esters is 1. The highest BCUT2D eigenvalue weighted by molar-refractivity contribution is 5.77. The smallest absolute Gasteiger partial charge is 0.308 e. The first-order valence-corrected chi connectivity index (χ1v) is 5.79. The Kier molecular flexibility index (Phi) is 6.08. The third kappa shape index (κ3) is 6.43. The number of carbonyl (C=O) groups is 2. The van der Waals surface area contributed by atoms with Crippen LogP contribution in [0.2, 0.25) is 0 Å². The molecule has 4 nitrogen and oxygen atoms in total. The van der Waals surface area contributed by atoms with Gasteiger partial charge in [0, 0.05) is 19.5 Å². The molecule has 0 saturated carbocycles. The lowest BCUT2D eigenvalue weighted by Crippen LogP contribution is -2.33. The van der Waals surface area contributed by atoms with Crippen LogP contribution in [0, 0.1) is 0 Å². The molecule has 0 heterocycles. The summed E-state index contributed by atoms with van der Waals surface area (Å²) in [4.78, 5) is 24.5. The predicted molar refractivity (Wildman–Crippen MR) is 63.0 cm³/mol. The van der Waals surface area contributed by atoms with Gasteiger partial charge in [-0.1, -0.05) is 6.92 Å². The third-order valence-electron chi connectivity index (χ3n) is 2.04. The molecule has 0 fully saturated rings. The van der Waals surface area contributed by atoms with Crippen LogP contribution in [0.5, 0.6) is 0 Å². The summed E-state index contributed by atoms with van der Waals surface area (Å²) in [6.07, 6.45) is 0.735. The van der Waals surface area contributed by atoms with Gasteiger partial charge in [-0.3, -0.25) is 9.59 Å². The van der Waals surface area contributed by atoms with Crippen LogP contribution in [0.1, 0.15) is 47.5 Å². The van der Waals surface area contributed by atoms with Gasteiger partial charge in [0.15, 0.2) is 0 Å². The van der Waals surface area contributed by atoms with Crippen molar-refractivity contribution in [2.45, 2.75) is 53.1 Å². The van der Waals surface area contributed by atoms with E-state index in [1.807, 2.05) is 34.6 Å². The van der Waals surface area contributed by atoms with Crippen LogP contribution in [0.25, 0.3) is 0 Å². The van der Waals surface area contributed by atoms with Gasteiger partial charge in [0.25, 0.3) is 0 Å². The Morgan fingerprint density at radius 3 is 2.12 bits per heavy atom. The van der Waals surface area contributed by atoms with Crippen LogP contribution in [0.3, 0.4) is 0 Å². The molecule has 0 atom stereocenters. The Bertz CT molecular complexity index is 243. The van der Waals surface area contributed by atoms with Gasteiger partial charge in [-0.05, 0) is 27.7 Å². The first-order valence-electron chi connectivity index (χ1n) is 5.79. The molecule has 0 aliphatic rings. The van der Waals surface area contributed by atoms with E-state index in [9.17, 15) is 9.59 Å². The molecule has 0 bridgehead atoms. The van der Waals surface area contributed by atoms with Crippen LogP contribution < -0.4 is 0 Å². The number of nitrogens with zero attached hydrogens (tertiary/aromatic N) is 1. The molecule has 0 rings (SSSR count). The number of amides is 1. The summed E-state index contributed by atoms with van der Waals surface area (Å²) < 4.78 is 5.17. The second kappa shape index (κ2) is 6.51. The quantitative estimate of drug-likeness (QED) is 0.677. The molecular weight excluding hydrogens is 206 g/mol. The van der Waals surface area contributed by atoms with E-state index in [0.717, 1.165) is 0 Å². The van der Waals surface area contributed by atoms with Gasteiger partial charge < -0.3 is 9.64 Å². The lowest BCUT2D eigenvalue weighted by Gasteiger charge is -2.22. The highest BCUT2D eigenvalue weighted by Crippen LogP contribution is 2.08. The SMILES string of the molecule is CCC(=O)N(CC)CCC(=O)OC(C)(C)C. The second-order valence-corrected chi connectivity index (χ2v) is 4.66. The Labute approximate surface area is 98.0 Å². The van der Waals surface area contributed by atoms with Crippen LogP contribution in [0.15, 0.2) is 0 Å². The number of hydrogen-bond acceptors (Lipinski definition) is 3. The van der Waals surface area contributed by atoms with E-state index in [0.29, 0.717) is 19.5 Å². The van der Waals surface area contributed by atoms with Gasteiger partial charge in [0.2, 0.25) is 5.91 Å². The summed E-state index contributed by atoms with van der Waals surface area (Å²) in [5.74, 6) is -0.180. The van der Waals surface area contributed by atoms with Crippen molar-refractivity contribution in [2.75, 3.05) is 13.1 Å². The van der Waals surface area contributed by atoms with E-state index in [1.165, 1.54) is 0 Å². The van der Waals surface area contributed by atoms with E-state index < -0.39 is 5.60 Å². The molecule has 0 aromatic carbocycles. The first-order chi connectivity index (χ1) is 7.30. The van der Waals surface area contributed by atoms with Gasteiger partial charge in [0.05, 0.1) is 6.42 Å². The summed E-state index contributed by atoms with van der Waals surface area (Å²) in [5, 5.41) is 0. The highest BCUT2D eigenvalue weighted by Gasteiger charge is 2.17. The van der Waals surface area contributed by atoms with Crippen molar-refractivity contribution in [3.05, 3.63) is 0 Å². The number of hydrogen-bond donors (Lipinski definition) is 0. The number of ether oxygens (including phenoxy) is 1. The van der Waals surface area contributed by atoms with Crippen molar-refractivity contribution in [3.63, 3.8) is 0 Å². The van der Waals surface area contributed by atoms with Crippen molar-refractivity contribution in [3.8, 4) is 0 Å². The summed E-state index contributed by atoms with van der Waals surface area (Å²) in [6.45, 7) is 10.3. The summed E-state index contributed by atoms with van der Waals surface area (Å²) in [7, 11) is 0. The minimum atomic E-state index is -0.455. The Morgan fingerprint density at radius 1 is 1.19 bits per heavy atom. The maximum atomic E-state index is 11.4. The Morgan fingerprint density at radius 2 is 1.75 bits per heavy atom. The molecule has 1 amide bonds. The minimum absolute atomic E-state index is 0.0751. The zero-order valence-corrected chi connectivity index (χ0v) is 11.0. The van der Waals surface area contributed by atoms with Crippen LogP contribution in [-0.2, 0) is 14.3 Å². The van der Waals surface area contributed by atoms with Crippen molar-refractivity contribution >= 4 is 11.9 Å². The van der Waals surface area contributed by atoms with Gasteiger partial charge in [-0.15, -0.1) is 0 Å². The molecule has 0 aromatic heterocycles. The molecule has 4 heteroatoms. The summed E-state index contributed by atoms with van der Waals surface area (Å²) in [5.41, 5.74) is -0.455. The van der Waals surface area contributed by atoms with E-state index in [4.69, 9.17) is 4.74 Å². The van der Waals surface area contributed by atoms with Crippen LogP contribution in [0.4, 0.5) is 0 Å². The van der Waals surface area contributed by atoms with Crippen LogP contribution in [-0.4, -0.2) is 35.5 Å². The average Bonchev–Trinajstić information content (AvgIpc) is 2.15. The molecule has 0 unspecified atom stereocenters. The predicted octanol–water partition coefficient (Wildman–Crippen LogP) is 1.98. The maximum absolute atomic E-state index is 11.4. The molecule has 0 spiro atoms.